The number of carbonyl (C=O) groups excluding carboxylic acids is 2. The number of nitrogens with zero attached hydrogens (tertiary/aromatic N) is 2. The lowest BCUT2D eigenvalue weighted by Gasteiger charge is -2.33. The van der Waals surface area contributed by atoms with Crippen molar-refractivity contribution in [2.24, 2.45) is 0 Å². The van der Waals surface area contributed by atoms with Crippen LogP contribution in [0.25, 0.3) is 0 Å². The molecular weight excluding hydrogens is 586 g/mol. The lowest BCUT2D eigenvalue weighted by atomic mass is 10.0. The highest BCUT2D eigenvalue weighted by Crippen LogP contribution is 2.26. The van der Waals surface area contributed by atoms with Crippen molar-refractivity contribution in [2.75, 3.05) is 23.7 Å². The summed E-state index contributed by atoms with van der Waals surface area (Å²) in [6.07, 6.45) is 1.29. The number of nitrogens with one attached hydrogen (secondary N) is 1. The van der Waals surface area contributed by atoms with Gasteiger partial charge in [0.15, 0.2) is 0 Å². The first-order valence-electron chi connectivity index (χ1n) is 13.8. The number of sulfonamides is 1. The highest BCUT2D eigenvalue weighted by atomic mass is 35.5. The number of anilines is 1. The van der Waals surface area contributed by atoms with Gasteiger partial charge in [-0.05, 0) is 66.6 Å². The molecule has 0 bridgehead atoms. The van der Waals surface area contributed by atoms with Gasteiger partial charge in [-0.3, -0.25) is 13.9 Å². The second-order valence-corrected chi connectivity index (χ2v) is 12.3. The topological polar surface area (TPSA) is 96.0 Å². The molecule has 4 rings (SSSR count). The van der Waals surface area contributed by atoms with Crippen molar-refractivity contribution >= 4 is 39.1 Å². The largest absolute Gasteiger partial charge is 0.457 e. The van der Waals surface area contributed by atoms with Gasteiger partial charge in [-0.25, -0.2) is 8.42 Å². The highest BCUT2D eigenvalue weighted by Gasteiger charge is 2.32. The molecule has 4 aromatic rings. The molecule has 0 radical (unpaired) electrons. The molecule has 0 aliphatic heterocycles. The molecule has 1 unspecified atom stereocenters. The molecule has 43 heavy (non-hydrogen) atoms. The molecule has 1 N–H and O–H groups in total. The molecule has 10 heteroatoms. The van der Waals surface area contributed by atoms with Gasteiger partial charge in [-0.1, -0.05) is 72.3 Å². The van der Waals surface area contributed by atoms with Gasteiger partial charge < -0.3 is 15.0 Å². The van der Waals surface area contributed by atoms with E-state index >= 15 is 0 Å². The monoisotopic (exact) mass is 619 g/mol. The molecule has 8 nitrogen and oxygen atoms in total. The quantitative estimate of drug-likeness (QED) is 0.208. The maximum Gasteiger partial charge on any atom is 0.244 e. The Labute approximate surface area is 257 Å². The zero-order valence-electron chi connectivity index (χ0n) is 24.0. The average Bonchev–Trinajstić information content (AvgIpc) is 2.99. The number of para-hydroxylation sites is 1. The fourth-order valence-corrected chi connectivity index (χ4v) is 5.53. The van der Waals surface area contributed by atoms with Crippen molar-refractivity contribution in [2.45, 2.75) is 25.9 Å². The van der Waals surface area contributed by atoms with Gasteiger partial charge in [-0.15, -0.1) is 0 Å². The molecular formula is C33H34ClN3O5S. The Hall–Kier alpha value is -4.34. The Kier molecular flexibility index (Phi) is 10.8. The van der Waals surface area contributed by atoms with Crippen molar-refractivity contribution in [3.63, 3.8) is 0 Å². The maximum absolute atomic E-state index is 14.1. The highest BCUT2D eigenvalue weighted by molar-refractivity contribution is 7.92. The minimum atomic E-state index is -3.88. The fraction of sp³-hybridized carbons (Fsp3) is 0.212. The summed E-state index contributed by atoms with van der Waals surface area (Å²) in [6, 6.07) is 31.1. The molecule has 4 aromatic carbocycles. The molecule has 0 aromatic heterocycles. The summed E-state index contributed by atoms with van der Waals surface area (Å²) in [5.74, 6) is 0.287. The lowest BCUT2D eigenvalue weighted by Crippen LogP contribution is -2.53. The number of hydrogen-bond acceptors (Lipinski definition) is 5. The first-order chi connectivity index (χ1) is 20.6. The molecule has 2 amide bonds. The zero-order chi connectivity index (χ0) is 30.8. The smallest absolute Gasteiger partial charge is 0.244 e. The third kappa shape index (κ3) is 9.07. The van der Waals surface area contributed by atoms with Crippen molar-refractivity contribution in [3.05, 3.63) is 125 Å². The second-order valence-electron chi connectivity index (χ2n) is 9.93. The van der Waals surface area contributed by atoms with Crippen LogP contribution in [0.5, 0.6) is 11.5 Å². The summed E-state index contributed by atoms with van der Waals surface area (Å²) in [6.45, 7) is 1.75. The first-order valence-corrected chi connectivity index (χ1v) is 16.0. The number of rotatable bonds is 13. The van der Waals surface area contributed by atoms with Crippen LogP contribution in [0.2, 0.25) is 5.02 Å². The number of benzene rings is 4. The van der Waals surface area contributed by atoms with Gasteiger partial charge in [0, 0.05) is 24.5 Å². The Balaban J connectivity index is 1.65. The van der Waals surface area contributed by atoms with E-state index in [0.717, 1.165) is 21.7 Å². The molecule has 0 spiro atoms. The summed E-state index contributed by atoms with van der Waals surface area (Å²) in [5, 5.41) is 3.37. The number of carbonyl (C=O) groups is 2. The van der Waals surface area contributed by atoms with E-state index < -0.39 is 28.5 Å². The van der Waals surface area contributed by atoms with Gasteiger partial charge >= 0.3 is 0 Å². The normalized spacial score (nSPS) is 11.8. The molecule has 0 aliphatic rings. The van der Waals surface area contributed by atoms with Gasteiger partial charge in [0.05, 0.1) is 11.9 Å². The van der Waals surface area contributed by atoms with E-state index in [-0.39, 0.29) is 18.9 Å². The summed E-state index contributed by atoms with van der Waals surface area (Å²) in [5.41, 5.74) is 1.90. The third-order valence-corrected chi connectivity index (χ3v) is 8.06. The standard InChI is InChI=1S/C33H34ClN3O5S/c1-3-35-33(39)31(22-25-10-6-4-7-11-25)36(23-26-14-16-27(34)17-15-26)32(38)24-37(43(2,40)41)28-18-20-30(21-19-28)42-29-12-8-5-9-13-29/h4-21,31H,3,22-24H2,1-2H3,(H,35,39). The minimum Gasteiger partial charge on any atom is -0.457 e. The molecule has 0 saturated heterocycles. The number of ether oxygens (including phenoxy) is 1. The van der Waals surface area contributed by atoms with Crippen LogP contribution in [0.4, 0.5) is 5.69 Å². The summed E-state index contributed by atoms with van der Waals surface area (Å²) >= 11 is 6.09. The van der Waals surface area contributed by atoms with Crippen LogP contribution in [0, 0.1) is 0 Å². The first kappa shape index (κ1) is 31.6. The fourth-order valence-electron chi connectivity index (χ4n) is 4.55. The maximum atomic E-state index is 14.1. The average molecular weight is 620 g/mol. The van der Waals surface area contributed by atoms with E-state index in [4.69, 9.17) is 16.3 Å². The third-order valence-electron chi connectivity index (χ3n) is 6.67. The molecule has 224 valence electrons. The van der Waals surface area contributed by atoms with Gasteiger partial charge in [-0.2, -0.15) is 0 Å². The zero-order valence-corrected chi connectivity index (χ0v) is 25.6. The number of likely N-dealkylation sites (N-methyl/N-ethyl adjacent to an activating group) is 1. The van der Waals surface area contributed by atoms with Crippen LogP contribution in [0.1, 0.15) is 18.1 Å². The van der Waals surface area contributed by atoms with Crippen LogP contribution in [0.15, 0.2) is 109 Å². The van der Waals surface area contributed by atoms with E-state index in [9.17, 15) is 18.0 Å². The van der Waals surface area contributed by atoms with Crippen molar-refractivity contribution in [1.29, 1.82) is 0 Å². The Morgan fingerprint density at radius 3 is 1.98 bits per heavy atom. The summed E-state index contributed by atoms with van der Waals surface area (Å²) in [4.78, 5) is 28.9. The van der Waals surface area contributed by atoms with Gasteiger partial charge in [0.25, 0.3) is 0 Å². The molecule has 0 fully saturated rings. The molecule has 1 atom stereocenters. The van der Waals surface area contributed by atoms with E-state index in [1.807, 2.05) is 60.7 Å². The molecule has 0 aliphatic carbocycles. The van der Waals surface area contributed by atoms with Crippen LogP contribution in [-0.2, 0) is 32.6 Å². The Bertz CT molecular complexity index is 1600. The molecule has 0 saturated carbocycles. The van der Waals surface area contributed by atoms with Crippen molar-refractivity contribution in [3.8, 4) is 11.5 Å². The SMILES string of the molecule is CCNC(=O)C(Cc1ccccc1)N(Cc1ccc(Cl)cc1)C(=O)CN(c1ccc(Oc2ccccc2)cc1)S(C)(=O)=O. The van der Waals surface area contributed by atoms with Crippen LogP contribution < -0.4 is 14.4 Å². The van der Waals surface area contributed by atoms with E-state index in [1.54, 1.807) is 55.5 Å². The van der Waals surface area contributed by atoms with Crippen LogP contribution >= 0.6 is 11.6 Å². The van der Waals surface area contributed by atoms with Gasteiger partial charge in [0.2, 0.25) is 21.8 Å². The minimum absolute atomic E-state index is 0.0755. The molecule has 0 heterocycles. The van der Waals surface area contributed by atoms with E-state index in [0.29, 0.717) is 28.8 Å². The van der Waals surface area contributed by atoms with Crippen LogP contribution in [-0.4, -0.2) is 50.5 Å². The van der Waals surface area contributed by atoms with E-state index in [1.165, 1.54) is 4.90 Å². The number of hydrogen-bond donors (Lipinski definition) is 1. The number of halogens is 1. The summed E-state index contributed by atoms with van der Waals surface area (Å²) in [7, 11) is -3.88. The Morgan fingerprint density at radius 1 is 0.814 bits per heavy atom. The Morgan fingerprint density at radius 2 is 1.40 bits per heavy atom. The lowest BCUT2D eigenvalue weighted by molar-refractivity contribution is -0.140. The number of amides is 2. The predicted molar refractivity (Wildman–Crippen MR) is 170 cm³/mol. The predicted octanol–water partition coefficient (Wildman–Crippen LogP) is 5.67. The summed E-state index contributed by atoms with van der Waals surface area (Å²) < 4.78 is 32.8. The van der Waals surface area contributed by atoms with Crippen molar-refractivity contribution < 1.29 is 22.7 Å². The van der Waals surface area contributed by atoms with Crippen molar-refractivity contribution in [1.82, 2.24) is 10.2 Å². The second kappa shape index (κ2) is 14.7. The van der Waals surface area contributed by atoms with Gasteiger partial charge in [0.1, 0.15) is 24.1 Å². The van der Waals surface area contributed by atoms with Crippen LogP contribution in [0.3, 0.4) is 0 Å². The van der Waals surface area contributed by atoms with E-state index in [2.05, 4.69) is 5.32 Å².